The third-order valence-electron chi connectivity index (χ3n) is 2.13. The molecule has 1 heterocycles. The number of carboxylic acid groups (broad SMARTS) is 2. The van der Waals surface area contributed by atoms with E-state index in [1.54, 1.807) is 0 Å². The van der Waals surface area contributed by atoms with Crippen LogP contribution in [0.5, 0.6) is 0 Å². The van der Waals surface area contributed by atoms with Crippen LogP contribution in [0.15, 0.2) is 0 Å². The van der Waals surface area contributed by atoms with Crippen LogP contribution in [-0.2, 0) is 9.59 Å². The van der Waals surface area contributed by atoms with Crippen molar-refractivity contribution in [1.29, 1.82) is 0 Å². The van der Waals surface area contributed by atoms with E-state index >= 15 is 0 Å². The second kappa shape index (κ2) is 4.52. The molecule has 1 saturated heterocycles. The zero-order chi connectivity index (χ0) is 11.6. The molecule has 0 bridgehead atoms. The average molecular weight is 233 g/mol. The minimum Gasteiger partial charge on any atom is -0.480 e. The highest BCUT2D eigenvalue weighted by atomic mass is 32.2. The van der Waals surface area contributed by atoms with E-state index < -0.39 is 18.1 Å². The number of carbonyl (C=O) groups is 3. The van der Waals surface area contributed by atoms with Crippen LogP contribution in [0.3, 0.4) is 0 Å². The lowest BCUT2D eigenvalue weighted by atomic mass is 10.2. The van der Waals surface area contributed by atoms with Crippen LogP contribution in [0.2, 0.25) is 0 Å². The van der Waals surface area contributed by atoms with Crippen LogP contribution in [0.25, 0.3) is 0 Å². The van der Waals surface area contributed by atoms with Gasteiger partial charge in [-0.05, 0) is 6.42 Å². The normalized spacial score (nSPS) is 25.3. The van der Waals surface area contributed by atoms with Gasteiger partial charge in [0.2, 0.25) is 0 Å². The van der Waals surface area contributed by atoms with Gasteiger partial charge in [0.15, 0.2) is 5.12 Å². The van der Waals surface area contributed by atoms with Crippen LogP contribution < -0.4 is 0 Å². The number of aliphatic carboxylic acids is 1. The molecule has 1 amide bonds. The highest BCUT2D eigenvalue weighted by Gasteiger charge is 2.40. The van der Waals surface area contributed by atoms with Gasteiger partial charge in [-0.1, -0.05) is 11.8 Å². The number of likely N-dealkylation sites (tertiary alicyclic amines) is 1. The topological polar surface area (TPSA) is 94.9 Å². The smallest absolute Gasteiger partial charge is 0.408 e. The predicted molar refractivity (Wildman–Crippen MR) is 52.8 cm³/mol. The summed E-state index contributed by atoms with van der Waals surface area (Å²) < 4.78 is 0. The molecule has 0 aromatic rings. The van der Waals surface area contributed by atoms with E-state index in [0.29, 0.717) is 0 Å². The van der Waals surface area contributed by atoms with E-state index in [4.69, 9.17) is 10.2 Å². The Morgan fingerprint density at radius 1 is 1.33 bits per heavy atom. The highest BCUT2D eigenvalue weighted by Crippen LogP contribution is 2.28. The number of nitrogens with zero attached hydrogens (tertiary/aromatic N) is 1. The van der Waals surface area contributed by atoms with E-state index in [2.05, 4.69) is 0 Å². The Bertz CT molecular complexity index is 283. The monoisotopic (exact) mass is 233 g/mol. The molecular weight excluding hydrogens is 222 g/mol. The van der Waals surface area contributed by atoms with Crippen molar-refractivity contribution in [2.45, 2.75) is 24.6 Å². The summed E-state index contributed by atoms with van der Waals surface area (Å²) in [6.45, 7) is 1.47. The van der Waals surface area contributed by atoms with Crippen molar-refractivity contribution in [2.24, 2.45) is 0 Å². The number of carbonyl (C=O) groups excluding carboxylic acids is 1. The lowest BCUT2D eigenvalue weighted by molar-refractivity contribution is -0.141. The summed E-state index contributed by atoms with van der Waals surface area (Å²) in [4.78, 5) is 33.1. The Morgan fingerprint density at radius 3 is 2.27 bits per heavy atom. The minimum absolute atomic E-state index is 0.0938. The van der Waals surface area contributed by atoms with Gasteiger partial charge in [-0.25, -0.2) is 9.59 Å². The molecule has 1 rings (SSSR count). The fraction of sp³-hybridized carbons (Fsp3) is 0.625. The molecule has 7 heteroatoms. The van der Waals surface area contributed by atoms with Crippen LogP contribution in [0, 0.1) is 0 Å². The van der Waals surface area contributed by atoms with Crippen molar-refractivity contribution < 1.29 is 24.6 Å². The van der Waals surface area contributed by atoms with Crippen LogP contribution in [0.1, 0.15) is 13.3 Å². The Morgan fingerprint density at radius 2 is 1.93 bits per heavy atom. The molecule has 84 valence electrons. The van der Waals surface area contributed by atoms with Crippen LogP contribution in [0.4, 0.5) is 4.79 Å². The second-order valence-corrected chi connectivity index (χ2v) is 4.73. The van der Waals surface area contributed by atoms with Gasteiger partial charge in [0.05, 0.1) is 0 Å². The molecule has 0 saturated carbocycles. The standard InChI is InChI=1S/C8H11NO5S/c1-4(10)15-5-2-6(7(11)12)9(3-5)8(13)14/h5-6H,2-3H2,1H3,(H,11,12)(H,13,14)/t5-,6-/m0/s1. The van der Waals surface area contributed by atoms with Gasteiger partial charge in [-0.15, -0.1) is 0 Å². The van der Waals surface area contributed by atoms with E-state index in [1.807, 2.05) is 0 Å². The van der Waals surface area contributed by atoms with Crippen molar-refractivity contribution in [3.05, 3.63) is 0 Å². The van der Waals surface area contributed by atoms with Gasteiger partial charge >= 0.3 is 12.1 Å². The first-order valence-corrected chi connectivity index (χ1v) is 5.19. The van der Waals surface area contributed by atoms with Gasteiger partial charge in [-0.3, -0.25) is 9.69 Å². The quantitative estimate of drug-likeness (QED) is 0.720. The molecule has 0 radical (unpaired) electrons. The molecule has 1 aliphatic rings. The minimum atomic E-state index is -1.26. The molecule has 0 aliphatic carbocycles. The molecule has 1 fully saturated rings. The van der Waals surface area contributed by atoms with E-state index in [0.717, 1.165) is 16.7 Å². The number of hydrogen-bond acceptors (Lipinski definition) is 4. The van der Waals surface area contributed by atoms with Gasteiger partial charge in [0, 0.05) is 18.7 Å². The Balaban J connectivity index is 2.69. The predicted octanol–water partition coefficient (Wildman–Crippen LogP) is 0.472. The molecule has 2 N–H and O–H groups in total. The number of rotatable bonds is 2. The van der Waals surface area contributed by atoms with Crippen molar-refractivity contribution in [3.8, 4) is 0 Å². The molecule has 0 unspecified atom stereocenters. The van der Waals surface area contributed by atoms with E-state index in [9.17, 15) is 14.4 Å². The molecule has 1 aliphatic heterocycles. The first-order chi connectivity index (χ1) is 6.91. The number of hydrogen-bond donors (Lipinski definition) is 2. The fourth-order valence-corrected chi connectivity index (χ4v) is 2.55. The molecule has 0 aromatic carbocycles. The SMILES string of the molecule is CC(=O)S[C@H]1C[C@@H](C(=O)O)N(C(=O)O)C1. The van der Waals surface area contributed by atoms with E-state index in [1.165, 1.54) is 6.92 Å². The highest BCUT2D eigenvalue weighted by molar-refractivity contribution is 8.14. The van der Waals surface area contributed by atoms with Crippen molar-refractivity contribution in [1.82, 2.24) is 4.90 Å². The van der Waals surface area contributed by atoms with Gasteiger partial charge in [0.1, 0.15) is 6.04 Å². The summed E-state index contributed by atoms with van der Waals surface area (Å²) in [6, 6.07) is -1.03. The molecule has 15 heavy (non-hydrogen) atoms. The van der Waals surface area contributed by atoms with Crippen molar-refractivity contribution in [2.75, 3.05) is 6.54 Å². The second-order valence-electron chi connectivity index (χ2n) is 3.26. The Kier molecular flexibility index (Phi) is 3.57. The average Bonchev–Trinajstić information content (AvgIpc) is 2.46. The molecule has 6 nitrogen and oxygen atoms in total. The third kappa shape index (κ3) is 2.85. The molecular formula is C8H11NO5S. The van der Waals surface area contributed by atoms with Crippen LogP contribution in [-0.4, -0.2) is 50.1 Å². The maximum atomic E-state index is 10.8. The van der Waals surface area contributed by atoms with Crippen molar-refractivity contribution >= 4 is 28.9 Å². The maximum absolute atomic E-state index is 10.8. The van der Waals surface area contributed by atoms with E-state index in [-0.39, 0.29) is 23.3 Å². The summed E-state index contributed by atoms with van der Waals surface area (Å²) in [5.41, 5.74) is 0. The number of amides is 1. The summed E-state index contributed by atoms with van der Waals surface area (Å²) in [5.74, 6) is -1.16. The number of thioether (sulfide) groups is 1. The van der Waals surface area contributed by atoms with Gasteiger partial charge in [-0.2, -0.15) is 0 Å². The zero-order valence-corrected chi connectivity index (χ0v) is 8.86. The summed E-state index contributed by atoms with van der Waals surface area (Å²) in [5, 5.41) is 17.2. The lowest BCUT2D eigenvalue weighted by Crippen LogP contribution is -2.39. The molecule has 0 spiro atoms. The summed E-state index contributed by atoms with van der Waals surface area (Å²) >= 11 is 0.997. The molecule has 0 aromatic heterocycles. The Labute approximate surface area is 90.2 Å². The first-order valence-electron chi connectivity index (χ1n) is 4.31. The van der Waals surface area contributed by atoms with Crippen molar-refractivity contribution in [3.63, 3.8) is 0 Å². The van der Waals surface area contributed by atoms with Gasteiger partial charge < -0.3 is 10.2 Å². The van der Waals surface area contributed by atoms with Crippen LogP contribution >= 0.6 is 11.8 Å². The maximum Gasteiger partial charge on any atom is 0.408 e. The first kappa shape index (κ1) is 11.8. The largest absolute Gasteiger partial charge is 0.480 e. The summed E-state index contributed by atoms with van der Waals surface area (Å²) in [7, 11) is 0. The number of carboxylic acids is 1. The molecule has 2 atom stereocenters. The Hall–Kier alpha value is -1.24. The fourth-order valence-electron chi connectivity index (χ4n) is 1.56. The summed E-state index contributed by atoms with van der Waals surface area (Å²) in [6.07, 6.45) is -1.07. The zero-order valence-electron chi connectivity index (χ0n) is 8.04. The third-order valence-corrected chi connectivity index (χ3v) is 3.13. The lowest BCUT2D eigenvalue weighted by Gasteiger charge is -2.16. The van der Waals surface area contributed by atoms with Gasteiger partial charge in [0.25, 0.3) is 0 Å².